The number of nitrogens with one attached hydrogen (secondary N) is 4. The van der Waals surface area contributed by atoms with Crippen molar-refractivity contribution >= 4 is 58.7 Å². The lowest BCUT2D eigenvalue weighted by Crippen LogP contribution is -2.51. The maximum Gasteiger partial charge on any atom is 0.407 e. The van der Waals surface area contributed by atoms with Crippen LogP contribution in [0.4, 0.5) is 10.5 Å². The minimum absolute atomic E-state index is 0.0132. The molecule has 3 aromatic carbocycles. The molecule has 0 radical (unpaired) electrons. The van der Waals surface area contributed by atoms with E-state index in [4.69, 9.17) is 26.4 Å². The fraction of sp³-hybridized carbons (Fsp3) is 0.609. The number of carbonyl (C=O) groups is 4. The van der Waals surface area contributed by atoms with Gasteiger partial charge in [-0.2, -0.15) is 11.8 Å². The Morgan fingerprint density at radius 1 is 0.812 bits per heavy atom. The van der Waals surface area contributed by atoms with Gasteiger partial charge in [-0.25, -0.2) is 9.59 Å². The van der Waals surface area contributed by atoms with Crippen molar-refractivity contribution in [3.05, 3.63) is 88.5 Å². The van der Waals surface area contributed by atoms with Crippen molar-refractivity contribution in [2.45, 2.75) is 156 Å². The molecule has 3 amide bonds. The summed E-state index contributed by atoms with van der Waals surface area (Å²) in [5.74, 6) is 6.44. The van der Waals surface area contributed by atoms with E-state index in [0.717, 1.165) is 79.1 Å². The largest absolute Gasteiger partial charge is 0.508 e. The molecule has 2 aliphatic heterocycles. The number of hydrogen-bond acceptors (Lipinski definition) is 11. The SMILES string of the molecule is CCC(=O)N(CCCCCC(=O)NCCNC(=O)OC1CC[C@@]2(C)C(=CC[C@H]3[C@@H]4CC[C@H]([C@H](C)CCCC(C)C)[C@@]4(C)CC[C@@H]32)C1)CCSCCNC(=S)Nc1ccc2c(c1)C(=O)OC21c2ccc(O)cc2Oc2cc(O)ccc21. The van der Waals surface area contributed by atoms with E-state index in [-0.39, 0.29) is 34.8 Å². The van der Waals surface area contributed by atoms with Crippen LogP contribution in [0.15, 0.2) is 66.2 Å². The maximum absolute atomic E-state index is 13.5. The zero-order chi connectivity index (χ0) is 56.8. The van der Waals surface area contributed by atoms with Gasteiger partial charge in [0.25, 0.3) is 0 Å². The maximum atomic E-state index is 13.5. The number of esters is 1. The predicted molar refractivity (Wildman–Crippen MR) is 319 cm³/mol. The molecule has 4 aliphatic carbocycles. The number of thiocarbonyl (C=S) groups is 1. The van der Waals surface area contributed by atoms with E-state index in [0.29, 0.717) is 102 Å². The molecule has 6 aliphatic rings. The number of allylic oxidation sites excluding steroid dienone is 1. The molecule has 3 aromatic rings. The molecule has 1 spiro atoms. The van der Waals surface area contributed by atoms with Crippen molar-refractivity contribution in [2.24, 2.45) is 46.3 Å². The molecule has 3 fully saturated rings. The molecule has 8 atom stereocenters. The molecule has 0 bridgehead atoms. The number of fused-ring (bicyclic) bond motifs is 11. The molecule has 1 unspecified atom stereocenters. The summed E-state index contributed by atoms with van der Waals surface area (Å²) in [4.78, 5) is 53.9. The van der Waals surface area contributed by atoms with Gasteiger partial charge in [0.15, 0.2) is 10.7 Å². The zero-order valence-electron chi connectivity index (χ0n) is 48.1. The fourth-order valence-corrected chi connectivity index (χ4v) is 16.2. The van der Waals surface area contributed by atoms with E-state index >= 15 is 0 Å². The van der Waals surface area contributed by atoms with Crippen LogP contribution >= 0.6 is 24.0 Å². The van der Waals surface area contributed by atoms with Gasteiger partial charge < -0.3 is 50.6 Å². The average Bonchev–Trinajstić information content (AvgIpc) is 3.96. The van der Waals surface area contributed by atoms with Gasteiger partial charge in [0, 0.05) is 98.0 Å². The Balaban J connectivity index is 0.623. The first-order chi connectivity index (χ1) is 38.4. The number of phenols is 2. The standard InChI is InChI=1S/C64H87N5O9S2/c1-7-58(73)69(33-35-80-34-31-66-60(79)68-43-16-20-52-48(37-43)59(74)78-64(52)53-21-17-44(70)38-55(53)77-56-39-45(71)18-22-54(56)64)32-10-8-9-14-57(72)65-29-30-67-61(75)76-46-25-27-62(5)42(36-46)15-19-47-50-24-23-49(41(4)13-11-12-40(2)3)63(50,6)28-26-51(47)62/h15-18,20-22,37-41,46-47,49-51,70-71H,7-14,19,23-36H2,1-6H3,(H,65,72)(H,67,75)(H2,66,68,79)/t41-,46?,47+,49-,50+,51+,62+,63-/m1/s1. The van der Waals surface area contributed by atoms with E-state index in [2.05, 4.69) is 62.0 Å². The molecule has 434 valence electrons. The van der Waals surface area contributed by atoms with Crippen LogP contribution in [0.5, 0.6) is 23.0 Å². The lowest BCUT2D eigenvalue weighted by atomic mass is 9.47. The van der Waals surface area contributed by atoms with E-state index in [1.54, 1.807) is 30.0 Å². The lowest BCUT2D eigenvalue weighted by molar-refractivity contribution is -0.130. The van der Waals surface area contributed by atoms with Crippen molar-refractivity contribution < 1.29 is 43.6 Å². The van der Waals surface area contributed by atoms with Crippen LogP contribution < -0.4 is 26.0 Å². The number of phenolic OH excluding ortho intramolecular Hbond substituents is 2. The first-order valence-corrected chi connectivity index (χ1v) is 31.5. The van der Waals surface area contributed by atoms with Crippen LogP contribution in [0.3, 0.4) is 0 Å². The van der Waals surface area contributed by atoms with Gasteiger partial charge in [0.2, 0.25) is 11.8 Å². The van der Waals surface area contributed by atoms with Crippen molar-refractivity contribution in [1.82, 2.24) is 20.9 Å². The molecular weight excluding hydrogens is 1050 g/mol. The summed E-state index contributed by atoms with van der Waals surface area (Å²) in [6, 6.07) is 14.6. The number of nitrogens with zero attached hydrogens (tertiary/aromatic N) is 1. The Morgan fingerprint density at radius 2 is 1.55 bits per heavy atom. The minimum atomic E-state index is -1.35. The second kappa shape index (κ2) is 25.8. The van der Waals surface area contributed by atoms with Gasteiger partial charge in [-0.15, -0.1) is 0 Å². The molecule has 14 nitrogen and oxygen atoms in total. The quantitative estimate of drug-likeness (QED) is 0.0228. The van der Waals surface area contributed by atoms with E-state index in [9.17, 15) is 29.4 Å². The van der Waals surface area contributed by atoms with Crippen molar-refractivity contribution in [2.75, 3.05) is 49.5 Å². The second-order valence-electron chi connectivity index (χ2n) is 24.7. The normalized spacial score (nSPS) is 25.0. The molecule has 16 heteroatoms. The van der Waals surface area contributed by atoms with Crippen LogP contribution in [-0.4, -0.2) is 94.4 Å². The van der Waals surface area contributed by atoms with E-state index in [1.165, 1.54) is 81.2 Å². The number of anilines is 1. The number of benzene rings is 3. The molecule has 9 rings (SSSR count). The number of alkyl carbamates (subject to hydrolysis) is 1. The third-order valence-corrected chi connectivity index (χ3v) is 20.5. The number of carbonyl (C=O) groups excluding carboxylic acids is 4. The van der Waals surface area contributed by atoms with Gasteiger partial charge in [-0.1, -0.05) is 84.9 Å². The Kier molecular flexibility index (Phi) is 19.0. The van der Waals surface area contributed by atoms with Gasteiger partial charge in [0.1, 0.15) is 29.1 Å². The smallest absolute Gasteiger partial charge is 0.407 e. The summed E-state index contributed by atoms with van der Waals surface area (Å²) in [6.45, 7) is 16.8. The van der Waals surface area contributed by atoms with E-state index in [1.807, 2.05) is 24.0 Å². The number of amides is 3. The first-order valence-electron chi connectivity index (χ1n) is 30.0. The highest BCUT2D eigenvalue weighted by Gasteiger charge is 2.59. The third-order valence-electron chi connectivity index (χ3n) is 19.3. The first kappa shape index (κ1) is 59.2. The number of ether oxygens (including phenoxy) is 3. The highest BCUT2D eigenvalue weighted by atomic mass is 32.2. The van der Waals surface area contributed by atoms with Crippen LogP contribution in [0.25, 0.3) is 0 Å². The summed E-state index contributed by atoms with van der Waals surface area (Å²) < 4.78 is 18.2. The van der Waals surface area contributed by atoms with Crippen LogP contribution in [-0.2, 0) is 24.7 Å². The lowest BCUT2D eigenvalue weighted by Gasteiger charge is -2.58. The number of aromatic hydroxyl groups is 2. The molecule has 3 saturated carbocycles. The fourth-order valence-electron chi connectivity index (χ4n) is 15.2. The Labute approximate surface area is 484 Å². The number of rotatable bonds is 23. The van der Waals surface area contributed by atoms with Crippen LogP contribution in [0.2, 0.25) is 0 Å². The Bertz CT molecular complexity index is 2740. The molecule has 6 N–H and O–H groups in total. The minimum Gasteiger partial charge on any atom is -0.508 e. The molecule has 0 aromatic heterocycles. The summed E-state index contributed by atoms with van der Waals surface area (Å²) in [5, 5.41) is 33.0. The van der Waals surface area contributed by atoms with Crippen molar-refractivity contribution in [1.29, 1.82) is 0 Å². The van der Waals surface area contributed by atoms with Gasteiger partial charge in [-0.3, -0.25) is 9.59 Å². The van der Waals surface area contributed by atoms with Gasteiger partial charge in [0.05, 0.1) is 5.56 Å². The summed E-state index contributed by atoms with van der Waals surface area (Å²) >= 11 is 7.32. The molecule has 2 heterocycles. The highest BCUT2D eigenvalue weighted by molar-refractivity contribution is 7.99. The molecular formula is C64H87N5O9S2. The highest BCUT2D eigenvalue weighted by Crippen LogP contribution is 2.67. The monoisotopic (exact) mass is 1130 g/mol. The van der Waals surface area contributed by atoms with Crippen molar-refractivity contribution in [3.8, 4) is 23.0 Å². The molecule has 0 saturated heterocycles. The number of hydrogen-bond donors (Lipinski definition) is 6. The Morgan fingerprint density at radius 3 is 2.29 bits per heavy atom. The molecule has 80 heavy (non-hydrogen) atoms. The summed E-state index contributed by atoms with van der Waals surface area (Å²) in [7, 11) is 0. The summed E-state index contributed by atoms with van der Waals surface area (Å²) in [5.41, 5.74) is 3.49. The van der Waals surface area contributed by atoms with Crippen LogP contribution in [0, 0.1) is 46.3 Å². The Hall–Kier alpha value is -5.48. The van der Waals surface area contributed by atoms with Crippen LogP contribution in [0.1, 0.15) is 171 Å². The summed E-state index contributed by atoms with van der Waals surface area (Å²) in [6.07, 6.45) is 18.8. The second-order valence-corrected chi connectivity index (χ2v) is 26.3. The van der Waals surface area contributed by atoms with Gasteiger partial charge >= 0.3 is 12.1 Å². The predicted octanol–water partition coefficient (Wildman–Crippen LogP) is 12.7. The number of unbranched alkanes of at least 4 members (excludes halogenated alkanes) is 2. The van der Waals surface area contributed by atoms with Gasteiger partial charge in [-0.05, 0) is 153 Å². The topological polar surface area (TPSA) is 188 Å². The zero-order valence-corrected chi connectivity index (χ0v) is 49.7. The van der Waals surface area contributed by atoms with E-state index < -0.39 is 17.7 Å². The average molecular weight is 1130 g/mol. The number of thioether (sulfide) groups is 1. The third kappa shape index (κ3) is 12.8. The van der Waals surface area contributed by atoms with Crippen molar-refractivity contribution in [3.63, 3.8) is 0 Å².